The second-order valence-electron chi connectivity index (χ2n) is 9.96. The summed E-state index contributed by atoms with van der Waals surface area (Å²) >= 11 is 0. The van der Waals surface area contributed by atoms with Crippen LogP contribution in [0.15, 0.2) is 48.5 Å². The van der Waals surface area contributed by atoms with E-state index >= 15 is 0 Å². The van der Waals surface area contributed by atoms with Crippen molar-refractivity contribution in [2.45, 2.75) is 54.6 Å². The lowest BCUT2D eigenvalue weighted by atomic mass is 9.86. The lowest BCUT2D eigenvalue weighted by molar-refractivity contribution is 0.0852. The Bertz CT molecular complexity index is 859. The first-order valence-corrected chi connectivity index (χ1v) is 10.6. The van der Waals surface area contributed by atoms with E-state index in [1.165, 1.54) is 0 Å². The molecule has 5 nitrogen and oxygen atoms in total. The molecule has 0 radical (unpaired) electrons. The van der Waals surface area contributed by atoms with Gasteiger partial charge in [0.15, 0.2) is 11.6 Å². The summed E-state index contributed by atoms with van der Waals surface area (Å²) in [5, 5.41) is 2.68. The average Bonchev–Trinajstić information content (AvgIpc) is 2.71. The van der Waals surface area contributed by atoms with E-state index in [2.05, 4.69) is 5.32 Å². The van der Waals surface area contributed by atoms with Gasteiger partial charge in [-0.1, -0.05) is 90.1 Å². The number of amides is 2. The normalized spacial score (nSPS) is 11.7. The van der Waals surface area contributed by atoms with Crippen LogP contribution in [0.4, 0.5) is 4.79 Å². The van der Waals surface area contributed by atoms with Crippen LogP contribution >= 0.6 is 0 Å². The summed E-state index contributed by atoms with van der Waals surface area (Å²) in [5.74, 6) is 0.180. The van der Waals surface area contributed by atoms with Gasteiger partial charge in [-0.3, -0.25) is 9.59 Å². The van der Waals surface area contributed by atoms with Crippen molar-refractivity contribution in [2.24, 2.45) is 10.8 Å². The van der Waals surface area contributed by atoms with Crippen molar-refractivity contribution in [3.05, 3.63) is 70.8 Å². The smallest absolute Gasteiger partial charge is 0.317 e. The number of carbonyl (C=O) groups is 3. The maximum absolute atomic E-state index is 12.4. The molecule has 0 saturated carbocycles. The number of Topliss-reactive ketones (excluding diaryl/α,β-unsaturated/α-hetero) is 2. The summed E-state index contributed by atoms with van der Waals surface area (Å²) in [6.07, 6.45) is 0. The third-order valence-electron chi connectivity index (χ3n) is 5.04. The summed E-state index contributed by atoms with van der Waals surface area (Å²) in [6.45, 7) is 12.2. The standard InChI is InChI=1S/C26H34N2O3/c1-25(2,3)22(29)20-12-8-18(9-13-20)16-28(24(31)27-7)17-19-10-14-21(15-11-19)23(30)26(4,5)6/h8-15H,16-17H2,1-7H3,(H,27,31). The van der Waals surface area contributed by atoms with E-state index in [0.29, 0.717) is 24.2 Å². The van der Waals surface area contributed by atoms with Crippen molar-refractivity contribution in [1.29, 1.82) is 0 Å². The van der Waals surface area contributed by atoms with Crippen LogP contribution < -0.4 is 5.32 Å². The Hall–Kier alpha value is -2.95. The zero-order valence-corrected chi connectivity index (χ0v) is 19.7. The number of hydrogen-bond acceptors (Lipinski definition) is 3. The van der Waals surface area contributed by atoms with E-state index in [0.717, 1.165) is 11.1 Å². The van der Waals surface area contributed by atoms with Gasteiger partial charge in [0, 0.05) is 42.1 Å². The molecule has 0 aliphatic heterocycles. The van der Waals surface area contributed by atoms with Gasteiger partial charge in [-0.05, 0) is 11.1 Å². The molecule has 31 heavy (non-hydrogen) atoms. The van der Waals surface area contributed by atoms with E-state index in [1.54, 1.807) is 11.9 Å². The fraction of sp³-hybridized carbons (Fsp3) is 0.423. The molecule has 0 unspecified atom stereocenters. The Morgan fingerprint density at radius 2 is 1.00 bits per heavy atom. The molecular formula is C26H34N2O3. The summed E-state index contributed by atoms with van der Waals surface area (Å²) in [5.41, 5.74) is 2.35. The van der Waals surface area contributed by atoms with E-state index < -0.39 is 10.8 Å². The highest BCUT2D eigenvalue weighted by Crippen LogP contribution is 2.23. The molecule has 0 aliphatic rings. The number of urea groups is 1. The molecule has 2 rings (SSSR count). The van der Waals surface area contributed by atoms with E-state index in [1.807, 2.05) is 90.1 Å². The predicted octanol–water partition coefficient (Wildman–Crippen LogP) is 5.49. The Balaban J connectivity index is 2.15. The minimum Gasteiger partial charge on any atom is -0.341 e. The fourth-order valence-electron chi connectivity index (χ4n) is 3.19. The van der Waals surface area contributed by atoms with Crippen LogP contribution in [0.5, 0.6) is 0 Å². The summed E-state index contributed by atoms with van der Waals surface area (Å²) in [6, 6.07) is 14.6. The number of ketones is 2. The molecule has 0 aromatic heterocycles. The van der Waals surface area contributed by atoms with Crippen LogP contribution in [0, 0.1) is 10.8 Å². The van der Waals surface area contributed by atoms with Crippen LogP contribution in [0.2, 0.25) is 0 Å². The molecule has 0 aliphatic carbocycles. The Morgan fingerprint density at radius 3 is 1.26 bits per heavy atom. The largest absolute Gasteiger partial charge is 0.341 e. The van der Waals surface area contributed by atoms with Crippen molar-refractivity contribution < 1.29 is 14.4 Å². The topological polar surface area (TPSA) is 66.5 Å². The first kappa shape index (κ1) is 24.3. The number of hydrogen-bond donors (Lipinski definition) is 1. The van der Waals surface area contributed by atoms with Gasteiger partial charge in [-0.2, -0.15) is 0 Å². The van der Waals surface area contributed by atoms with Crippen molar-refractivity contribution in [2.75, 3.05) is 7.05 Å². The molecule has 1 N–H and O–H groups in total. The highest BCUT2D eigenvalue weighted by Gasteiger charge is 2.24. The second-order valence-corrected chi connectivity index (χ2v) is 9.96. The lowest BCUT2D eigenvalue weighted by Gasteiger charge is -2.23. The highest BCUT2D eigenvalue weighted by atomic mass is 16.2. The molecule has 2 amide bonds. The van der Waals surface area contributed by atoms with Crippen LogP contribution in [-0.2, 0) is 13.1 Å². The van der Waals surface area contributed by atoms with Crippen molar-refractivity contribution in [3.8, 4) is 0 Å². The monoisotopic (exact) mass is 422 g/mol. The molecule has 5 heteroatoms. The second kappa shape index (κ2) is 9.46. The molecule has 2 aromatic rings. The molecular weight excluding hydrogens is 388 g/mol. The minimum atomic E-state index is -0.434. The van der Waals surface area contributed by atoms with Gasteiger partial charge < -0.3 is 10.2 Å². The summed E-state index contributed by atoms with van der Waals surface area (Å²) in [4.78, 5) is 39.0. The summed E-state index contributed by atoms with van der Waals surface area (Å²) < 4.78 is 0. The van der Waals surface area contributed by atoms with Gasteiger partial charge >= 0.3 is 6.03 Å². The van der Waals surface area contributed by atoms with Gasteiger partial charge in [-0.25, -0.2) is 4.79 Å². The number of benzene rings is 2. The zero-order valence-electron chi connectivity index (χ0n) is 19.7. The molecule has 0 saturated heterocycles. The van der Waals surface area contributed by atoms with Crippen molar-refractivity contribution >= 4 is 17.6 Å². The van der Waals surface area contributed by atoms with Gasteiger partial charge in [0.1, 0.15) is 0 Å². The molecule has 0 heterocycles. The van der Waals surface area contributed by atoms with E-state index in [4.69, 9.17) is 0 Å². The van der Waals surface area contributed by atoms with Crippen molar-refractivity contribution in [3.63, 3.8) is 0 Å². The number of nitrogens with zero attached hydrogens (tertiary/aromatic N) is 1. The van der Waals surface area contributed by atoms with Crippen LogP contribution in [0.3, 0.4) is 0 Å². The molecule has 0 atom stereocenters. The Morgan fingerprint density at radius 1 is 0.677 bits per heavy atom. The molecule has 166 valence electrons. The van der Waals surface area contributed by atoms with Gasteiger partial charge in [0.05, 0.1) is 0 Å². The fourth-order valence-corrected chi connectivity index (χ4v) is 3.19. The number of carbonyl (C=O) groups excluding carboxylic acids is 3. The van der Waals surface area contributed by atoms with Crippen LogP contribution in [0.25, 0.3) is 0 Å². The molecule has 0 spiro atoms. The van der Waals surface area contributed by atoms with Crippen LogP contribution in [-0.4, -0.2) is 29.5 Å². The van der Waals surface area contributed by atoms with Gasteiger partial charge in [-0.15, -0.1) is 0 Å². The van der Waals surface area contributed by atoms with Crippen LogP contribution in [0.1, 0.15) is 73.4 Å². The highest BCUT2D eigenvalue weighted by molar-refractivity contribution is 6.00. The third-order valence-corrected chi connectivity index (χ3v) is 5.04. The van der Waals surface area contributed by atoms with Crippen molar-refractivity contribution in [1.82, 2.24) is 10.2 Å². The van der Waals surface area contributed by atoms with E-state index in [-0.39, 0.29) is 17.6 Å². The first-order chi connectivity index (χ1) is 14.3. The number of rotatable bonds is 6. The van der Waals surface area contributed by atoms with E-state index in [9.17, 15) is 14.4 Å². The molecule has 2 aromatic carbocycles. The van der Waals surface area contributed by atoms with Gasteiger partial charge in [0.2, 0.25) is 0 Å². The molecule has 0 fully saturated rings. The number of nitrogens with one attached hydrogen (secondary N) is 1. The zero-order chi connectivity index (χ0) is 23.4. The Labute approximate surface area is 185 Å². The third kappa shape index (κ3) is 6.51. The average molecular weight is 423 g/mol. The summed E-state index contributed by atoms with van der Waals surface area (Å²) in [7, 11) is 1.60. The quantitative estimate of drug-likeness (QED) is 0.626. The minimum absolute atomic E-state index is 0.0899. The predicted molar refractivity (Wildman–Crippen MR) is 124 cm³/mol. The maximum Gasteiger partial charge on any atom is 0.317 e. The van der Waals surface area contributed by atoms with Gasteiger partial charge in [0.25, 0.3) is 0 Å². The Kier molecular flexibility index (Phi) is 7.42. The molecule has 0 bridgehead atoms. The first-order valence-electron chi connectivity index (χ1n) is 10.6. The maximum atomic E-state index is 12.4. The lowest BCUT2D eigenvalue weighted by Crippen LogP contribution is -2.37. The SMILES string of the molecule is CNC(=O)N(Cc1ccc(C(=O)C(C)(C)C)cc1)Cc1ccc(C(=O)C(C)(C)C)cc1.